The van der Waals surface area contributed by atoms with Crippen LogP contribution in [-0.4, -0.2) is 58.2 Å². The van der Waals surface area contributed by atoms with Crippen molar-refractivity contribution in [2.24, 2.45) is 0 Å². The fraction of sp³-hybridized carbons (Fsp3) is 0.462. The largest absolute Gasteiger partial charge is 0.338 e. The summed E-state index contributed by atoms with van der Waals surface area (Å²) in [5, 5.41) is -0.512. The third-order valence-electron chi connectivity index (χ3n) is 3.15. The van der Waals surface area contributed by atoms with Gasteiger partial charge >= 0.3 is 0 Å². The summed E-state index contributed by atoms with van der Waals surface area (Å²) >= 11 is 5.78. The van der Waals surface area contributed by atoms with E-state index in [1.807, 2.05) is 0 Å². The third-order valence-corrected chi connectivity index (χ3v) is 3.33. The van der Waals surface area contributed by atoms with E-state index in [1.54, 1.807) is 41.2 Å². The molecule has 1 aromatic rings. The average molecular weight is 282 g/mol. The number of carbonyl (C=O) groups is 2. The lowest BCUT2D eigenvalue weighted by Crippen LogP contribution is -2.52. The normalized spacial score (nSPS) is 17.2. The van der Waals surface area contributed by atoms with Crippen molar-refractivity contribution in [2.45, 2.75) is 12.3 Å². The van der Waals surface area contributed by atoms with Crippen molar-refractivity contribution in [3.8, 4) is 0 Å². The average Bonchev–Trinajstić information content (AvgIpc) is 2.46. The molecular formula is C13H16ClN3O2. The van der Waals surface area contributed by atoms with Crippen LogP contribution in [0, 0.1) is 0 Å². The van der Waals surface area contributed by atoms with Gasteiger partial charge in [-0.3, -0.25) is 14.6 Å². The highest BCUT2D eigenvalue weighted by Gasteiger charge is 2.26. The van der Waals surface area contributed by atoms with Crippen LogP contribution >= 0.6 is 11.6 Å². The van der Waals surface area contributed by atoms with Crippen molar-refractivity contribution in [3.63, 3.8) is 0 Å². The summed E-state index contributed by atoms with van der Waals surface area (Å²) in [6.45, 7) is 3.81. The maximum Gasteiger partial charge on any atom is 0.254 e. The number of amides is 2. The van der Waals surface area contributed by atoms with E-state index in [1.165, 1.54) is 0 Å². The summed E-state index contributed by atoms with van der Waals surface area (Å²) in [6, 6.07) is 3.39. The second-order valence-corrected chi connectivity index (χ2v) is 5.12. The van der Waals surface area contributed by atoms with E-state index in [9.17, 15) is 9.59 Å². The smallest absolute Gasteiger partial charge is 0.254 e. The fourth-order valence-corrected chi connectivity index (χ4v) is 2.20. The lowest BCUT2D eigenvalue weighted by Gasteiger charge is -2.35. The molecule has 2 amide bonds. The SMILES string of the molecule is CC(Cl)C(=O)N1CCN(C(=O)c2ccncc2)CC1. The minimum absolute atomic E-state index is 0.0200. The first-order chi connectivity index (χ1) is 9.09. The van der Waals surface area contributed by atoms with Crippen molar-refractivity contribution in [2.75, 3.05) is 26.2 Å². The van der Waals surface area contributed by atoms with E-state index in [2.05, 4.69) is 4.98 Å². The molecule has 6 heteroatoms. The van der Waals surface area contributed by atoms with Crippen molar-refractivity contribution in [3.05, 3.63) is 30.1 Å². The van der Waals surface area contributed by atoms with E-state index < -0.39 is 5.38 Å². The van der Waals surface area contributed by atoms with Gasteiger partial charge in [0.2, 0.25) is 5.91 Å². The summed E-state index contributed by atoms with van der Waals surface area (Å²) in [5.41, 5.74) is 0.625. The molecule has 0 radical (unpaired) electrons. The van der Waals surface area contributed by atoms with Crippen LogP contribution < -0.4 is 0 Å². The number of halogens is 1. The molecule has 1 aliphatic rings. The number of piperazine rings is 1. The Morgan fingerprint density at radius 1 is 1.16 bits per heavy atom. The molecule has 0 spiro atoms. The van der Waals surface area contributed by atoms with Crippen LogP contribution in [0.15, 0.2) is 24.5 Å². The Bertz CT molecular complexity index is 456. The second-order valence-electron chi connectivity index (χ2n) is 4.47. The lowest BCUT2D eigenvalue weighted by atomic mass is 10.2. The molecule has 1 atom stereocenters. The van der Waals surface area contributed by atoms with Crippen LogP contribution in [0.3, 0.4) is 0 Å². The van der Waals surface area contributed by atoms with Gasteiger partial charge in [-0.05, 0) is 19.1 Å². The molecule has 2 heterocycles. The zero-order valence-electron chi connectivity index (χ0n) is 10.8. The Kier molecular flexibility index (Phi) is 4.37. The zero-order chi connectivity index (χ0) is 13.8. The molecule has 0 bridgehead atoms. The maximum absolute atomic E-state index is 12.2. The van der Waals surface area contributed by atoms with Gasteiger partial charge in [-0.2, -0.15) is 0 Å². The van der Waals surface area contributed by atoms with Crippen LogP contribution in [0.2, 0.25) is 0 Å². The molecule has 1 aliphatic heterocycles. The predicted octanol–water partition coefficient (Wildman–Crippen LogP) is 0.993. The Balaban J connectivity index is 1.94. The Morgan fingerprint density at radius 3 is 2.21 bits per heavy atom. The Morgan fingerprint density at radius 2 is 1.68 bits per heavy atom. The second kappa shape index (κ2) is 6.02. The van der Waals surface area contributed by atoms with Gasteiger partial charge in [-0.1, -0.05) is 0 Å². The molecule has 0 saturated carbocycles. The standard InChI is InChI=1S/C13H16ClN3O2/c1-10(14)12(18)16-6-8-17(9-7-16)13(19)11-2-4-15-5-3-11/h2-5,10H,6-9H2,1H3. The molecule has 1 fully saturated rings. The first-order valence-electron chi connectivity index (χ1n) is 6.22. The molecule has 19 heavy (non-hydrogen) atoms. The number of aromatic nitrogens is 1. The molecule has 2 rings (SSSR count). The predicted molar refractivity (Wildman–Crippen MR) is 72.0 cm³/mol. The third kappa shape index (κ3) is 3.23. The van der Waals surface area contributed by atoms with E-state index in [0.29, 0.717) is 31.7 Å². The van der Waals surface area contributed by atoms with E-state index in [-0.39, 0.29) is 11.8 Å². The van der Waals surface area contributed by atoms with Gasteiger partial charge in [0.15, 0.2) is 0 Å². The molecule has 5 nitrogen and oxygen atoms in total. The van der Waals surface area contributed by atoms with Gasteiger partial charge in [0.05, 0.1) is 0 Å². The first kappa shape index (κ1) is 13.8. The lowest BCUT2D eigenvalue weighted by molar-refractivity contribution is -0.131. The number of nitrogens with zero attached hydrogens (tertiary/aromatic N) is 3. The molecule has 0 N–H and O–H groups in total. The Hall–Kier alpha value is -1.62. The Labute approximate surface area is 117 Å². The zero-order valence-corrected chi connectivity index (χ0v) is 11.5. The van der Waals surface area contributed by atoms with Gasteiger partial charge in [0.25, 0.3) is 5.91 Å². The summed E-state index contributed by atoms with van der Waals surface area (Å²) in [5.74, 6) is -0.0916. The van der Waals surface area contributed by atoms with Crippen molar-refractivity contribution >= 4 is 23.4 Å². The monoisotopic (exact) mass is 281 g/mol. The number of rotatable bonds is 2. The van der Waals surface area contributed by atoms with Crippen LogP contribution in [0.25, 0.3) is 0 Å². The van der Waals surface area contributed by atoms with Crippen LogP contribution in [0.4, 0.5) is 0 Å². The minimum Gasteiger partial charge on any atom is -0.338 e. The van der Waals surface area contributed by atoms with Gasteiger partial charge < -0.3 is 9.80 Å². The van der Waals surface area contributed by atoms with Crippen molar-refractivity contribution < 1.29 is 9.59 Å². The van der Waals surface area contributed by atoms with Gasteiger partial charge in [0.1, 0.15) is 5.38 Å². The molecule has 0 aromatic carbocycles. The fourth-order valence-electron chi connectivity index (χ4n) is 2.06. The molecular weight excluding hydrogens is 266 g/mol. The minimum atomic E-state index is -0.512. The van der Waals surface area contributed by atoms with Gasteiger partial charge in [-0.25, -0.2) is 0 Å². The number of pyridine rings is 1. The molecule has 0 aliphatic carbocycles. The number of carbonyl (C=O) groups excluding carboxylic acids is 2. The van der Waals surface area contributed by atoms with Crippen LogP contribution in [-0.2, 0) is 4.79 Å². The molecule has 102 valence electrons. The van der Waals surface area contributed by atoms with E-state index >= 15 is 0 Å². The van der Waals surface area contributed by atoms with Crippen molar-refractivity contribution in [1.29, 1.82) is 0 Å². The highest BCUT2D eigenvalue weighted by Crippen LogP contribution is 2.10. The number of alkyl halides is 1. The van der Waals surface area contributed by atoms with Crippen LogP contribution in [0.1, 0.15) is 17.3 Å². The molecule has 1 saturated heterocycles. The maximum atomic E-state index is 12.2. The van der Waals surface area contributed by atoms with Crippen LogP contribution in [0.5, 0.6) is 0 Å². The number of hydrogen-bond acceptors (Lipinski definition) is 3. The molecule has 1 aromatic heterocycles. The number of hydrogen-bond donors (Lipinski definition) is 0. The summed E-state index contributed by atoms with van der Waals surface area (Å²) < 4.78 is 0. The summed E-state index contributed by atoms with van der Waals surface area (Å²) in [4.78, 5) is 31.2. The quantitative estimate of drug-likeness (QED) is 0.760. The summed E-state index contributed by atoms with van der Waals surface area (Å²) in [7, 11) is 0. The first-order valence-corrected chi connectivity index (χ1v) is 6.65. The highest BCUT2D eigenvalue weighted by atomic mass is 35.5. The topological polar surface area (TPSA) is 53.5 Å². The highest BCUT2D eigenvalue weighted by molar-refractivity contribution is 6.30. The van der Waals surface area contributed by atoms with Gasteiger partial charge in [-0.15, -0.1) is 11.6 Å². The van der Waals surface area contributed by atoms with Gasteiger partial charge in [0, 0.05) is 44.1 Å². The van der Waals surface area contributed by atoms with E-state index in [0.717, 1.165) is 0 Å². The molecule has 1 unspecified atom stereocenters. The van der Waals surface area contributed by atoms with E-state index in [4.69, 9.17) is 11.6 Å². The van der Waals surface area contributed by atoms with Crippen molar-refractivity contribution in [1.82, 2.24) is 14.8 Å². The summed E-state index contributed by atoms with van der Waals surface area (Å²) in [6.07, 6.45) is 3.20.